The van der Waals surface area contributed by atoms with Crippen molar-refractivity contribution in [3.8, 4) is 0 Å². The van der Waals surface area contributed by atoms with Gasteiger partial charge in [0.25, 0.3) is 0 Å². The number of carbonyl (C=O) groups excluding carboxylic acids is 1. The lowest BCUT2D eigenvalue weighted by Crippen LogP contribution is -2.24. The molecule has 0 aliphatic rings. The lowest BCUT2D eigenvalue weighted by Gasteiger charge is -2.08. The third-order valence-corrected chi connectivity index (χ3v) is 3.86. The third-order valence-electron chi connectivity index (χ3n) is 3.00. The predicted molar refractivity (Wildman–Crippen MR) is 91.9 cm³/mol. The number of anilines is 1. The molecule has 0 saturated carbocycles. The molecule has 0 saturated heterocycles. The zero-order valence-corrected chi connectivity index (χ0v) is 14.1. The fourth-order valence-electron chi connectivity index (χ4n) is 2.01. The first-order valence-electron chi connectivity index (χ1n) is 6.90. The van der Waals surface area contributed by atoms with Crippen LogP contribution in [0.5, 0.6) is 0 Å². The van der Waals surface area contributed by atoms with Crippen LogP contribution < -0.4 is 10.0 Å². The number of hydrogen-bond acceptors (Lipinski definition) is 3. The van der Waals surface area contributed by atoms with Gasteiger partial charge >= 0.3 is 0 Å². The van der Waals surface area contributed by atoms with Crippen molar-refractivity contribution in [3.63, 3.8) is 0 Å². The van der Waals surface area contributed by atoms with E-state index in [4.69, 9.17) is 11.6 Å². The molecule has 0 atom stereocenters. The number of carbonyl (C=O) groups is 1. The Hall–Kier alpha value is -2.05. The summed E-state index contributed by atoms with van der Waals surface area (Å²) in [5, 5.41) is 3.43. The number of nitrogens with one attached hydrogen (secondary N) is 2. The lowest BCUT2D eigenvalue weighted by molar-refractivity contribution is -0.120. The first kappa shape index (κ1) is 17.3. The third kappa shape index (κ3) is 6.30. The first-order chi connectivity index (χ1) is 10.8. The molecular weight excluding hydrogens is 336 g/mol. The maximum atomic E-state index is 11.9. The van der Waals surface area contributed by atoms with Crippen molar-refractivity contribution in [1.29, 1.82) is 0 Å². The SMILES string of the molecule is CS(=O)(=O)Nc1cccc(CNC(=O)Cc2ccc(Cl)cc2)c1. The molecule has 0 fully saturated rings. The maximum absolute atomic E-state index is 11.9. The van der Waals surface area contributed by atoms with Crippen molar-refractivity contribution >= 4 is 33.2 Å². The predicted octanol–water partition coefficient (Wildman–Crippen LogP) is 2.57. The van der Waals surface area contributed by atoms with Gasteiger partial charge in [0.1, 0.15) is 0 Å². The fraction of sp³-hybridized carbons (Fsp3) is 0.188. The average Bonchev–Trinajstić information content (AvgIpc) is 2.46. The molecule has 5 nitrogen and oxygen atoms in total. The second-order valence-corrected chi connectivity index (χ2v) is 7.34. The second kappa shape index (κ2) is 7.48. The molecule has 2 aromatic rings. The Bertz CT molecular complexity index is 789. The van der Waals surface area contributed by atoms with E-state index < -0.39 is 10.0 Å². The van der Waals surface area contributed by atoms with Crippen molar-refractivity contribution in [2.75, 3.05) is 11.0 Å². The van der Waals surface area contributed by atoms with Gasteiger partial charge in [-0.15, -0.1) is 0 Å². The highest BCUT2D eigenvalue weighted by molar-refractivity contribution is 7.92. The van der Waals surface area contributed by atoms with Gasteiger partial charge in [-0.3, -0.25) is 9.52 Å². The van der Waals surface area contributed by atoms with E-state index in [1.807, 2.05) is 6.07 Å². The molecule has 2 N–H and O–H groups in total. The van der Waals surface area contributed by atoms with Gasteiger partial charge < -0.3 is 5.32 Å². The van der Waals surface area contributed by atoms with E-state index >= 15 is 0 Å². The molecule has 1 amide bonds. The highest BCUT2D eigenvalue weighted by Crippen LogP contribution is 2.12. The Morgan fingerprint density at radius 3 is 2.43 bits per heavy atom. The number of benzene rings is 2. The van der Waals surface area contributed by atoms with Gasteiger partial charge in [0, 0.05) is 17.3 Å². The van der Waals surface area contributed by atoms with E-state index in [-0.39, 0.29) is 12.3 Å². The van der Waals surface area contributed by atoms with E-state index in [1.165, 1.54) is 0 Å². The van der Waals surface area contributed by atoms with Crippen LogP contribution >= 0.6 is 11.6 Å². The molecule has 0 spiro atoms. The number of rotatable bonds is 6. The standard InChI is InChI=1S/C16H17ClN2O3S/c1-23(21,22)19-15-4-2-3-13(9-15)11-18-16(20)10-12-5-7-14(17)8-6-12/h2-9,19H,10-11H2,1H3,(H,18,20). The summed E-state index contributed by atoms with van der Waals surface area (Å²) in [5.41, 5.74) is 2.15. The Labute approximate surface area is 140 Å². The number of sulfonamides is 1. The Morgan fingerprint density at radius 2 is 1.78 bits per heavy atom. The molecule has 2 rings (SSSR count). The molecule has 0 bridgehead atoms. The molecule has 0 aliphatic carbocycles. The molecule has 0 heterocycles. The molecule has 7 heteroatoms. The van der Waals surface area contributed by atoms with Gasteiger partial charge in [0.15, 0.2) is 0 Å². The Morgan fingerprint density at radius 1 is 1.09 bits per heavy atom. The van der Waals surface area contributed by atoms with Crippen molar-refractivity contribution < 1.29 is 13.2 Å². The van der Waals surface area contributed by atoms with E-state index in [2.05, 4.69) is 10.0 Å². The van der Waals surface area contributed by atoms with Crippen LogP contribution in [-0.2, 0) is 27.8 Å². The first-order valence-corrected chi connectivity index (χ1v) is 9.17. The van der Waals surface area contributed by atoms with Crippen LogP contribution in [-0.4, -0.2) is 20.6 Å². The van der Waals surface area contributed by atoms with Crippen LogP contribution in [0.25, 0.3) is 0 Å². The summed E-state index contributed by atoms with van der Waals surface area (Å²) in [6, 6.07) is 14.0. The molecule has 23 heavy (non-hydrogen) atoms. The molecule has 0 aliphatic heterocycles. The monoisotopic (exact) mass is 352 g/mol. The number of hydrogen-bond donors (Lipinski definition) is 2. The van der Waals surface area contributed by atoms with E-state index in [0.717, 1.165) is 17.4 Å². The minimum atomic E-state index is -3.32. The quantitative estimate of drug-likeness (QED) is 0.839. The molecule has 0 unspecified atom stereocenters. The number of amides is 1. The highest BCUT2D eigenvalue weighted by Gasteiger charge is 2.05. The highest BCUT2D eigenvalue weighted by atomic mass is 35.5. The van der Waals surface area contributed by atoms with Gasteiger partial charge in [-0.1, -0.05) is 35.9 Å². The van der Waals surface area contributed by atoms with Gasteiger partial charge in [-0.2, -0.15) is 0 Å². The summed E-state index contributed by atoms with van der Waals surface area (Å²) in [5.74, 6) is -0.117. The van der Waals surface area contributed by atoms with E-state index in [0.29, 0.717) is 17.3 Å². The summed E-state index contributed by atoms with van der Waals surface area (Å²) in [6.45, 7) is 0.325. The molecule has 122 valence electrons. The maximum Gasteiger partial charge on any atom is 0.229 e. The zero-order chi connectivity index (χ0) is 16.9. The normalized spacial score (nSPS) is 11.0. The van der Waals surface area contributed by atoms with Crippen molar-refractivity contribution in [2.45, 2.75) is 13.0 Å². The molecule has 0 aromatic heterocycles. The van der Waals surface area contributed by atoms with Crippen LogP contribution in [0.4, 0.5) is 5.69 Å². The molecule has 2 aromatic carbocycles. The van der Waals surface area contributed by atoms with Crippen LogP contribution in [0.3, 0.4) is 0 Å². The lowest BCUT2D eigenvalue weighted by atomic mass is 10.1. The van der Waals surface area contributed by atoms with Crippen LogP contribution in [0.15, 0.2) is 48.5 Å². The fourth-order valence-corrected chi connectivity index (χ4v) is 2.69. The van der Waals surface area contributed by atoms with Gasteiger partial charge in [-0.25, -0.2) is 8.42 Å². The van der Waals surface area contributed by atoms with E-state index in [1.54, 1.807) is 42.5 Å². The van der Waals surface area contributed by atoms with Crippen LogP contribution in [0.2, 0.25) is 5.02 Å². The summed E-state index contributed by atoms with van der Waals surface area (Å²) in [6.07, 6.45) is 1.35. The van der Waals surface area contributed by atoms with Crippen molar-refractivity contribution in [2.24, 2.45) is 0 Å². The van der Waals surface area contributed by atoms with Gasteiger partial charge in [0.05, 0.1) is 12.7 Å². The van der Waals surface area contributed by atoms with Crippen molar-refractivity contribution in [3.05, 3.63) is 64.7 Å². The van der Waals surface area contributed by atoms with Crippen molar-refractivity contribution in [1.82, 2.24) is 5.32 Å². The second-order valence-electron chi connectivity index (χ2n) is 5.15. The van der Waals surface area contributed by atoms with Crippen LogP contribution in [0, 0.1) is 0 Å². The average molecular weight is 353 g/mol. The minimum absolute atomic E-state index is 0.117. The number of halogens is 1. The Balaban J connectivity index is 1.91. The van der Waals surface area contributed by atoms with E-state index in [9.17, 15) is 13.2 Å². The topological polar surface area (TPSA) is 75.3 Å². The zero-order valence-electron chi connectivity index (χ0n) is 12.5. The van der Waals surface area contributed by atoms with Gasteiger partial charge in [0.2, 0.25) is 15.9 Å². The summed E-state index contributed by atoms with van der Waals surface area (Å²) in [4.78, 5) is 11.9. The van der Waals surface area contributed by atoms with Gasteiger partial charge in [-0.05, 0) is 35.4 Å². The summed E-state index contributed by atoms with van der Waals surface area (Å²) in [7, 11) is -3.32. The molecular formula is C16H17ClN2O3S. The smallest absolute Gasteiger partial charge is 0.229 e. The largest absolute Gasteiger partial charge is 0.352 e. The van der Waals surface area contributed by atoms with Crippen LogP contribution in [0.1, 0.15) is 11.1 Å². The summed E-state index contributed by atoms with van der Waals surface area (Å²) >= 11 is 5.80. The summed E-state index contributed by atoms with van der Waals surface area (Å²) < 4.78 is 24.8. The minimum Gasteiger partial charge on any atom is -0.352 e. The Kier molecular flexibility index (Phi) is 5.63. The molecule has 0 radical (unpaired) electrons.